The number of esters is 1. The number of allylic oxidation sites excluding steroid dienone is 1. The van der Waals surface area contributed by atoms with Gasteiger partial charge in [0.2, 0.25) is 0 Å². The van der Waals surface area contributed by atoms with Crippen LogP contribution in [0.4, 0.5) is 5.69 Å². The first-order valence-electron chi connectivity index (χ1n) is 13.2. The van der Waals surface area contributed by atoms with Crippen LogP contribution in [0.2, 0.25) is 0 Å². The number of amides is 1. The SMILES string of the molecule is CC1=CC(C)(C)N(C(=O)c2ccc(C(C)(C)C)cc2)c2ccc(OC(=O)c3ccc(C(C)(C)C)cc3)cc21. The lowest BCUT2D eigenvalue weighted by Gasteiger charge is -2.41. The van der Waals surface area contributed by atoms with Gasteiger partial charge >= 0.3 is 5.97 Å². The highest BCUT2D eigenvalue weighted by atomic mass is 16.5. The van der Waals surface area contributed by atoms with Crippen LogP contribution in [0.5, 0.6) is 5.75 Å². The van der Waals surface area contributed by atoms with Crippen LogP contribution in [0.3, 0.4) is 0 Å². The Morgan fingerprint density at radius 1 is 0.737 bits per heavy atom. The summed E-state index contributed by atoms with van der Waals surface area (Å²) in [5, 5.41) is 0. The molecule has 0 aromatic heterocycles. The minimum absolute atomic E-state index is 0.0104. The maximum Gasteiger partial charge on any atom is 0.343 e. The summed E-state index contributed by atoms with van der Waals surface area (Å²) >= 11 is 0. The fourth-order valence-corrected chi connectivity index (χ4v) is 4.96. The monoisotopic (exact) mass is 509 g/mol. The molecule has 4 heteroatoms. The van der Waals surface area contributed by atoms with Gasteiger partial charge in [0.15, 0.2) is 0 Å². The van der Waals surface area contributed by atoms with Crippen molar-refractivity contribution in [1.82, 2.24) is 0 Å². The molecule has 3 aromatic carbocycles. The van der Waals surface area contributed by atoms with E-state index in [2.05, 4.69) is 47.6 Å². The van der Waals surface area contributed by atoms with E-state index in [0.29, 0.717) is 16.9 Å². The Kier molecular flexibility index (Phi) is 6.90. The first-order chi connectivity index (χ1) is 17.6. The Morgan fingerprint density at radius 3 is 1.74 bits per heavy atom. The third kappa shape index (κ3) is 5.45. The number of benzene rings is 3. The lowest BCUT2D eigenvalue weighted by Crippen LogP contribution is -2.49. The molecule has 1 amide bonds. The number of hydrogen-bond acceptors (Lipinski definition) is 3. The number of fused-ring (bicyclic) bond motifs is 1. The van der Waals surface area contributed by atoms with Crippen LogP contribution < -0.4 is 9.64 Å². The summed E-state index contributed by atoms with van der Waals surface area (Å²) in [4.78, 5) is 28.5. The summed E-state index contributed by atoms with van der Waals surface area (Å²) in [7, 11) is 0. The molecule has 0 N–H and O–H groups in total. The molecule has 0 saturated heterocycles. The van der Waals surface area contributed by atoms with Crippen molar-refractivity contribution in [3.63, 3.8) is 0 Å². The quantitative estimate of drug-likeness (QED) is 0.263. The fraction of sp³-hybridized carbons (Fsp3) is 0.353. The van der Waals surface area contributed by atoms with Gasteiger partial charge in [0.05, 0.1) is 16.8 Å². The summed E-state index contributed by atoms with van der Waals surface area (Å²) in [6.07, 6.45) is 2.09. The van der Waals surface area contributed by atoms with E-state index < -0.39 is 11.5 Å². The maximum atomic E-state index is 13.8. The number of carbonyl (C=O) groups is 2. The second-order valence-corrected chi connectivity index (χ2v) is 12.8. The minimum Gasteiger partial charge on any atom is -0.423 e. The van der Waals surface area contributed by atoms with Crippen LogP contribution in [-0.4, -0.2) is 17.4 Å². The highest BCUT2D eigenvalue weighted by molar-refractivity contribution is 6.10. The molecular formula is C34H39NO3. The number of carbonyl (C=O) groups excluding carboxylic acids is 2. The summed E-state index contributed by atoms with van der Waals surface area (Å²) in [5.41, 5.74) is 5.68. The van der Waals surface area contributed by atoms with E-state index in [1.54, 1.807) is 18.2 Å². The molecule has 0 radical (unpaired) electrons. The molecule has 198 valence electrons. The van der Waals surface area contributed by atoms with Crippen molar-refractivity contribution in [2.24, 2.45) is 0 Å². The largest absolute Gasteiger partial charge is 0.423 e. The number of ether oxygens (including phenoxy) is 1. The molecule has 0 fully saturated rings. The van der Waals surface area contributed by atoms with Gasteiger partial charge in [-0.05, 0) is 90.8 Å². The molecule has 0 atom stereocenters. The molecule has 0 aliphatic carbocycles. The van der Waals surface area contributed by atoms with Crippen LogP contribution in [-0.2, 0) is 10.8 Å². The standard InChI is InChI=1S/C34H39NO3/c1-22-21-34(8,9)35(30(36)23-10-14-25(15-11-23)32(2,3)4)29-19-18-27(20-28(22)29)38-31(37)24-12-16-26(17-13-24)33(5,6)7/h10-21H,1-9H3. The van der Waals surface area contributed by atoms with Crippen LogP contribution in [0, 0.1) is 0 Å². The zero-order valence-corrected chi connectivity index (χ0v) is 24.1. The highest BCUT2D eigenvalue weighted by Gasteiger charge is 2.36. The van der Waals surface area contributed by atoms with E-state index >= 15 is 0 Å². The molecule has 4 nitrogen and oxygen atoms in total. The molecule has 38 heavy (non-hydrogen) atoms. The molecule has 0 saturated carbocycles. The summed E-state index contributed by atoms with van der Waals surface area (Å²) in [5.74, 6) is -0.0257. The van der Waals surface area contributed by atoms with Gasteiger partial charge in [0.25, 0.3) is 5.91 Å². The molecule has 0 unspecified atom stereocenters. The second-order valence-electron chi connectivity index (χ2n) is 12.8. The first-order valence-corrected chi connectivity index (χ1v) is 13.2. The van der Waals surface area contributed by atoms with E-state index in [1.807, 2.05) is 74.2 Å². The topological polar surface area (TPSA) is 46.6 Å². The Balaban J connectivity index is 1.63. The Bertz CT molecular complexity index is 1400. The van der Waals surface area contributed by atoms with Gasteiger partial charge in [0.1, 0.15) is 5.75 Å². The van der Waals surface area contributed by atoms with Crippen LogP contribution in [0.25, 0.3) is 5.57 Å². The van der Waals surface area contributed by atoms with Crippen molar-refractivity contribution in [3.8, 4) is 5.75 Å². The van der Waals surface area contributed by atoms with E-state index in [-0.39, 0.29) is 16.7 Å². The highest BCUT2D eigenvalue weighted by Crippen LogP contribution is 2.41. The minimum atomic E-state index is -0.524. The smallest absolute Gasteiger partial charge is 0.343 e. The molecule has 1 aliphatic heterocycles. The van der Waals surface area contributed by atoms with E-state index in [0.717, 1.165) is 22.4 Å². The van der Waals surface area contributed by atoms with Gasteiger partial charge in [-0.2, -0.15) is 0 Å². The third-order valence-electron chi connectivity index (χ3n) is 7.18. The van der Waals surface area contributed by atoms with Crippen molar-refractivity contribution in [1.29, 1.82) is 0 Å². The zero-order valence-electron chi connectivity index (χ0n) is 24.1. The molecule has 4 rings (SSSR count). The Labute approximate surface area is 227 Å². The van der Waals surface area contributed by atoms with Crippen LogP contribution in [0.15, 0.2) is 72.8 Å². The third-order valence-corrected chi connectivity index (χ3v) is 7.18. The zero-order chi connectivity index (χ0) is 28.0. The van der Waals surface area contributed by atoms with Gasteiger partial charge in [-0.3, -0.25) is 9.69 Å². The molecule has 1 heterocycles. The predicted molar refractivity (Wildman–Crippen MR) is 156 cm³/mol. The molecule has 3 aromatic rings. The van der Waals surface area contributed by atoms with Gasteiger partial charge in [-0.15, -0.1) is 0 Å². The van der Waals surface area contributed by atoms with Crippen molar-refractivity contribution in [2.45, 2.75) is 78.7 Å². The Morgan fingerprint density at radius 2 is 1.24 bits per heavy atom. The van der Waals surface area contributed by atoms with E-state index in [1.165, 1.54) is 5.56 Å². The van der Waals surface area contributed by atoms with Gasteiger partial charge in [-0.1, -0.05) is 71.9 Å². The average Bonchev–Trinajstić information content (AvgIpc) is 2.83. The van der Waals surface area contributed by atoms with Crippen molar-refractivity contribution < 1.29 is 14.3 Å². The fourth-order valence-electron chi connectivity index (χ4n) is 4.96. The Hall–Kier alpha value is -3.66. The summed E-state index contributed by atoms with van der Waals surface area (Å²) in [6.45, 7) is 19.0. The van der Waals surface area contributed by atoms with Crippen molar-refractivity contribution in [2.75, 3.05) is 4.90 Å². The molecule has 0 bridgehead atoms. The lowest BCUT2D eigenvalue weighted by atomic mass is 9.86. The van der Waals surface area contributed by atoms with Crippen molar-refractivity contribution in [3.05, 3.63) is 101 Å². The van der Waals surface area contributed by atoms with Crippen molar-refractivity contribution >= 4 is 23.1 Å². The number of hydrogen-bond donors (Lipinski definition) is 0. The number of nitrogens with zero attached hydrogens (tertiary/aromatic N) is 1. The summed E-state index contributed by atoms with van der Waals surface area (Å²) in [6, 6.07) is 20.9. The van der Waals surface area contributed by atoms with Crippen LogP contribution >= 0.6 is 0 Å². The summed E-state index contributed by atoms with van der Waals surface area (Å²) < 4.78 is 5.75. The van der Waals surface area contributed by atoms with E-state index in [4.69, 9.17) is 4.74 Å². The maximum absolute atomic E-state index is 13.8. The number of anilines is 1. The molecule has 1 aliphatic rings. The first kappa shape index (κ1) is 27.4. The predicted octanol–water partition coefficient (Wildman–Crippen LogP) is 8.34. The number of rotatable bonds is 3. The van der Waals surface area contributed by atoms with Gasteiger partial charge < -0.3 is 4.74 Å². The molecule has 0 spiro atoms. The lowest BCUT2D eigenvalue weighted by molar-refractivity contribution is 0.0734. The van der Waals surface area contributed by atoms with Gasteiger partial charge in [-0.25, -0.2) is 4.79 Å². The average molecular weight is 510 g/mol. The van der Waals surface area contributed by atoms with Crippen LogP contribution in [0.1, 0.15) is 99.7 Å². The normalized spacial score (nSPS) is 15.0. The van der Waals surface area contributed by atoms with E-state index in [9.17, 15) is 9.59 Å². The van der Waals surface area contributed by atoms with Gasteiger partial charge in [0, 0.05) is 11.1 Å². The molecular weight excluding hydrogens is 470 g/mol. The second kappa shape index (κ2) is 9.58.